The first kappa shape index (κ1) is 10.6. The quantitative estimate of drug-likeness (QED) is 0.643. The fourth-order valence-corrected chi connectivity index (χ4v) is 1.77. The second kappa shape index (κ2) is 4.32. The van der Waals surface area contributed by atoms with Gasteiger partial charge in [0.15, 0.2) is 0 Å². The van der Waals surface area contributed by atoms with E-state index in [0.717, 1.165) is 5.56 Å². The minimum atomic E-state index is -0.377. The molecule has 84 valence electrons. The average molecular weight is 220 g/mol. The third-order valence-electron chi connectivity index (χ3n) is 2.65. The molecule has 0 fully saturated rings. The number of hydrogen-bond donors (Lipinski definition) is 3. The van der Waals surface area contributed by atoms with Crippen molar-refractivity contribution in [1.29, 1.82) is 0 Å². The Morgan fingerprint density at radius 1 is 1.56 bits per heavy atom. The van der Waals surface area contributed by atoms with Gasteiger partial charge in [-0.2, -0.15) is 0 Å². The number of anilines is 2. The van der Waals surface area contributed by atoms with E-state index in [9.17, 15) is 9.59 Å². The second-order valence-electron chi connectivity index (χ2n) is 3.71. The smallest absolute Gasteiger partial charge is 0.230 e. The molecular formula is C11H12N2O3. The highest BCUT2D eigenvalue weighted by atomic mass is 16.3. The lowest BCUT2D eigenvalue weighted by atomic mass is 9.93. The second-order valence-corrected chi connectivity index (χ2v) is 3.71. The molecule has 0 saturated carbocycles. The standard InChI is InChI=1S/C11H12N2O3/c14-5-8-3-7-1-2-9(12-6-15)4-10(7)13-11(8)16/h1-2,4,6,8,14H,3,5H2,(H,12,15)(H,13,16). The molecular weight excluding hydrogens is 208 g/mol. The molecule has 0 aliphatic carbocycles. The van der Waals surface area contributed by atoms with Gasteiger partial charge in [0, 0.05) is 11.4 Å². The van der Waals surface area contributed by atoms with Crippen LogP contribution in [0.25, 0.3) is 0 Å². The molecule has 16 heavy (non-hydrogen) atoms. The number of carbonyl (C=O) groups excluding carboxylic acids is 2. The molecule has 5 nitrogen and oxygen atoms in total. The third kappa shape index (κ3) is 1.90. The summed E-state index contributed by atoms with van der Waals surface area (Å²) in [7, 11) is 0. The molecule has 2 rings (SSSR count). The maximum absolute atomic E-state index is 11.5. The van der Waals surface area contributed by atoms with Crippen LogP contribution in [0.1, 0.15) is 5.56 Å². The number of benzene rings is 1. The van der Waals surface area contributed by atoms with E-state index in [1.807, 2.05) is 6.07 Å². The summed E-state index contributed by atoms with van der Waals surface area (Å²) in [6.07, 6.45) is 1.11. The van der Waals surface area contributed by atoms with Crippen molar-refractivity contribution >= 4 is 23.7 Å². The third-order valence-corrected chi connectivity index (χ3v) is 2.65. The molecule has 1 aliphatic heterocycles. The summed E-state index contributed by atoms with van der Waals surface area (Å²) in [6, 6.07) is 5.30. The van der Waals surface area contributed by atoms with Gasteiger partial charge in [-0.25, -0.2) is 0 Å². The van der Waals surface area contributed by atoms with Crippen molar-refractivity contribution in [2.45, 2.75) is 6.42 Å². The van der Waals surface area contributed by atoms with Crippen molar-refractivity contribution < 1.29 is 14.7 Å². The summed E-state index contributed by atoms with van der Waals surface area (Å²) >= 11 is 0. The zero-order chi connectivity index (χ0) is 11.5. The van der Waals surface area contributed by atoms with Gasteiger partial charge in [0.2, 0.25) is 12.3 Å². The first-order chi connectivity index (χ1) is 7.74. The molecule has 1 heterocycles. The van der Waals surface area contributed by atoms with Crippen molar-refractivity contribution in [1.82, 2.24) is 0 Å². The van der Waals surface area contributed by atoms with Gasteiger partial charge < -0.3 is 15.7 Å². The van der Waals surface area contributed by atoms with Crippen molar-refractivity contribution in [3.63, 3.8) is 0 Å². The summed E-state index contributed by atoms with van der Waals surface area (Å²) in [5.41, 5.74) is 2.30. The topological polar surface area (TPSA) is 78.4 Å². The van der Waals surface area contributed by atoms with Crippen LogP contribution in [0, 0.1) is 5.92 Å². The van der Waals surface area contributed by atoms with Gasteiger partial charge in [-0.3, -0.25) is 9.59 Å². The zero-order valence-electron chi connectivity index (χ0n) is 8.56. The lowest BCUT2D eigenvalue weighted by molar-refractivity contribution is -0.121. The number of hydrogen-bond acceptors (Lipinski definition) is 3. The van der Waals surface area contributed by atoms with Crippen molar-refractivity contribution in [3.8, 4) is 0 Å². The number of rotatable bonds is 3. The minimum Gasteiger partial charge on any atom is -0.396 e. The number of fused-ring (bicyclic) bond motifs is 1. The number of carbonyl (C=O) groups is 2. The van der Waals surface area contributed by atoms with Crippen LogP contribution in [0.2, 0.25) is 0 Å². The molecule has 2 amide bonds. The predicted octanol–water partition coefficient (Wildman–Crippen LogP) is 0.358. The predicted molar refractivity (Wildman–Crippen MR) is 59.0 cm³/mol. The van der Waals surface area contributed by atoms with Gasteiger partial charge in [-0.05, 0) is 24.1 Å². The highest BCUT2D eigenvalue weighted by Crippen LogP contribution is 2.28. The normalized spacial score (nSPS) is 18.6. The number of nitrogens with one attached hydrogen (secondary N) is 2. The lowest BCUT2D eigenvalue weighted by Gasteiger charge is -2.23. The molecule has 1 aliphatic rings. The summed E-state index contributed by atoms with van der Waals surface area (Å²) in [5.74, 6) is -0.560. The molecule has 0 aromatic heterocycles. The van der Waals surface area contributed by atoms with Gasteiger partial charge in [0.05, 0.1) is 12.5 Å². The van der Waals surface area contributed by atoms with E-state index in [1.54, 1.807) is 12.1 Å². The number of aliphatic hydroxyl groups excluding tert-OH is 1. The summed E-state index contributed by atoms with van der Waals surface area (Å²) in [4.78, 5) is 21.8. The van der Waals surface area contributed by atoms with Crippen LogP contribution in [0.15, 0.2) is 18.2 Å². The molecule has 0 radical (unpaired) electrons. The Balaban J connectivity index is 2.28. The van der Waals surface area contributed by atoms with Crippen LogP contribution in [0.4, 0.5) is 11.4 Å². The van der Waals surface area contributed by atoms with Gasteiger partial charge in [-0.15, -0.1) is 0 Å². The van der Waals surface area contributed by atoms with Gasteiger partial charge in [-0.1, -0.05) is 6.07 Å². The highest BCUT2D eigenvalue weighted by Gasteiger charge is 2.25. The molecule has 1 aromatic rings. The van der Waals surface area contributed by atoms with Crippen LogP contribution >= 0.6 is 0 Å². The van der Waals surface area contributed by atoms with Crippen LogP contribution in [0.5, 0.6) is 0 Å². The maximum atomic E-state index is 11.5. The monoisotopic (exact) mass is 220 g/mol. The maximum Gasteiger partial charge on any atom is 0.230 e. The molecule has 0 bridgehead atoms. The van der Waals surface area contributed by atoms with Crippen LogP contribution < -0.4 is 10.6 Å². The summed E-state index contributed by atoms with van der Waals surface area (Å²) in [5, 5.41) is 14.2. The Kier molecular flexibility index (Phi) is 2.87. The van der Waals surface area contributed by atoms with Crippen LogP contribution in [-0.2, 0) is 16.0 Å². The number of amides is 2. The molecule has 0 spiro atoms. The van der Waals surface area contributed by atoms with E-state index in [-0.39, 0.29) is 18.4 Å². The van der Waals surface area contributed by atoms with E-state index in [0.29, 0.717) is 24.2 Å². The van der Waals surface area contributed by atoms with Crippen molar-refractivity contribution in [2.24, 2.45) is 5.92 Å². The number of aliphatic hydroxyl groups is 1. The van der Waals surface area contributed by atoms with E-state index in [4.69, 9.17) is 5.11 Å². The van der Waals surface area contributed by atoms with Gasteiger partial charge >= 0.3 is 0 Å². The Labute approximate surface area is 92.5 Å². The SMILES string of the molecule is O=CNc1ccc2c(c1)NC(=O)C(CO)C2. The zero-order valence-corrected chi connectivity index (χ0v) is 8.56. The summed E-state index contributed by atoms with van der Waals surface area (Å²) in [6.45, 7) is -0.153. The van der Waals surface area contributed by atoms with Gasteiger partial charge in [0.25, 0.3) is 0 Å². The highest BCUT2D eigenvalue weighted by molar-refractivity contribution is 5.96. The molecule has 0 saturated heterocycles. The fraction of sp³-hybridized carbons (Fsp3) is 0.273. The van der Waals surface area contributed by atoms with Crippen molar-refractivity contribution in [2.75, 3.05) is 17.2 Å². The van der Waals surface area contributed by atoms with E-state index >= 15 is 0 Å². The Morgan fingerprint density at radius 2 is 2.38 bits per heavy atom. The average Bonchev–Trinajstić information content (AvgIpc) is 2.28. The molecule has 5 heteroatoms. The fourth-order valence-electron chi connectivity index (χ4n) is 1.77. The van der Waals surface area contributed by atoms with Crippen LogP contribution in [0.3, 0.4) is 0 Å². The largest absolute Gasteiger partial charge is 0.396 e. The molecule has 1 unspecified atom stereocenters. The van der Waals surface area contributed by atoms with Crippen LogP contribution in [-0.4, -0.2) is 24.0 Å². The first-order valence-corrected chi connectivity index (χ1v) is 4.99. The molecule has 1 aromatic carbocycles. The lowest BCUT2D eigenvalue weighted by Crippen LogP contribution is -2.32. The Hall–Kier alpha value is -1.88. The Morgan fingerprint density at radius 3 is 3.06 bits per heavy atom. The minimum absolute atomic E-state index is 0.153. The summed E-state index contributed by atoms with van der Waals surface area (Å²) < 4.78 is 0. The van der Waals surface area contributed by atoms with Gasteiger partial charge in [0.1, 0.15) is 0 Å². The van der Waals surface area contributed by atoms with E-state index in [1.165, 1.54) is 0 Å². The van der Waals surface area contributed by atoms with Crippen molar-refractivity contribution in [3.05, 3.63) is 23.8 Å². The first-order valence-electron chi connectivity index (χ1n) is 4.99. The van der Waals surface area contributed by atoms with E-state index in [2.05, 4.69) is 10.6 Å². The van der Waals surface area contributed by atoms with E-state index < -0.39 is 0 Å². The molecule has 3 N–H and O–H groups in total. The Bertz CT molecular complexity index is 431. The molecule has 1 atom stereocenters.